The predicted molar refractivity (Wildman–Crippen MR) is 92.8 cm³/mol. The molecule has 3 rings (SSSR count). The summed E-state index contributed by atoms with van der Waals surface area (Å²) in [4.78, 5) is 16.6. The molecular formula is C17H11F4N3O2S. The average molecular weight is 397 g/mol. The van der Waals surface area contributed by atoms with Gasteiger partial charge in [-0.2, -0.15) is 0 Å². The Balaban J connectivity index is 1.80. The molecule has 1 aromatic heterocycles. The van der Waals surface area contributed by atoms with E-state index in [-0.39, 0.29) is 27.3 Å². The highest BCUT2D eigenvalue weighted by Gasteiger charge is 2.31. The number of aromatic nitrogens is 1. The molecule has 5 nitrogen and oxygen atoms in total. The van der Waals surface area contributed by atoms with E-state index in [4.69, 9.17) is 5.73 Å². The number of hydrogen-bond donors (Lipinski definition) is 2. The molecule has 0 unspecified atom stereocenters. The molecule has 3 N–H and O–H groups in total. The molecule has 0 atom stereocenters. The molecule has 0 spiro atoms. The molecule has 0 saturated heterocycles. The second-order valence-electron chi connectivity index (χ2n) is 5.24. The van der Waals surface area contributed by atoms with Crippen LogP contribution in [0.15, 0.2) is 48.5 Å². The zero-order valence-electron chi connectivity index (χ0n) is 13.4. The number of nitrogen functional groups attached to an aromatic ring is 1. The largest absolute Gasteiger partial charge is 0.573 e. The Labute approximate surface area is 154 Å². The van der Waals surface area contributed by atoms with E-state index in [2.05, 4.69) is 15.0 Å². The molecule has 0 fully saturated rings. The third kappa shape index (κ3) is 4.53. The Morgan fingerprint density at radius 2 is 1.85 bits per heavy atom. The topological polar surface area (TPSA) is 77.2 Å². The number of carbonyl (C=O) groups is 1. The molecule has 0 aliphatic rings. The summed E-state index contributed by atoms with van der Waals surface area (Å²) in [6.07, 6.45) is -4.92. The number of ketones is 1. The third-order valence-corrected chi connectivity index (χ3v) is 4.30. The first-order valence-corrected chi connectivity index (χ1v) is 8.23. The van der Waals surface area contributed by atoms with Gasteiger partial charge in [-0.05, 0) is 12.1 Å². The number of carbonyl (C=O) groups excluding carboxylic acids is 1. The second kappa shape index (κ2) is 7.23. The van der Waals surface area contributed by atoms with Gasteiger partial charge in [0.25, 0.3) is 0 Å². The van der Waals surface area contributed by atoms with Crippen molar-refractivity contribution in [3.05, 3.63) is 64.8 Å². The highest BCUT2D eigenvalue weighted by atomic mass is 32.1. The molecule has 0 bridgehead atoms. The molecule has 0 aliphatic carbocycles. The Bertz CT molecular complexity index is 974. The maximum absolute atomic E-state index is 14.0. The molecule has 1 heterocycles. The number of anilines is 3. The van der Waals surface area contributed by atoms with Gasteiger partial charge in [0.2, 0.25) is 5.78 Å². The van der Waals surface area contributed by atoms with Gasteiger partial charge in [-0.25, -0.2) is 9.37 Å². The van der Waals surface area contributed by atoms with Gasteiger partial charge >= 0.3 is 6.36 Å². The van der Waals surface area contributed by atoms with E-state index >= 15 is 0 Å². The fraction of sp³-hybridized carbons (Fsp3) is 0.0588. The molecule has 27 heavy (non-hydrogen) atoms. The molecule has 10 heteroatoms. The SMILES string of the molecule is Nc1nc(Nc2ccc(OC(F)(F)F)cc2F)sc1C(=O)c1ccccc1. The highest BCUT2D eigenvalue weighted by Crippen LogP contribution is 2.32. The summed E-state index contributed by atoms with van der Waals surface area (Å²) >= 11 is 0.906. The maximum atomic E-state index is 14.0. The van der Waals surface area contributed by atoms with Crippen LogP contribution in [0, 0.1) is 5.82 Å². The van der Waals surface area contributed by atoms with Crippen molar-refractivity contribution < 1.29 is 27.1 Å². The number of thiazole rings is 1. The number of hydrogen-bond acceptors (Lipinski definition) is 6. The molecule has 2 aromatic carbocycles. The number of benzene rings is 2. The van der Waals surface area contributed by atoms with Crippen molar-refractivity contribution >= 4 is 33.8 Å². The predicted octanol–water partition coefficient (Wildman–Crippen LogP) is 4.74. The van der Waals surface area contributed by atoms with Crippen LogP contribution in [-0.2, 0) is 0 Å². The summed E-state index contributed by atoms with van der Waals surface area (Å²) in [7, 11) is 0. The summed E-state index contributed by atoms with van der Waals surface area (Å²) in [6.45, 7) is 0. The Kier molecular flexibility index (Phi) is 5.00. The normalized spacial score (nSPS) is 11.3. The number of nitrogens with zero attached hydrogens (tertiary/aromatic N) is 1. The number of nitrogens with one attached hydrogen (secondary N) is 1. The van der Waals surface area contributed by atoms with Crippen molar-refractivity contribution in [2.45, 2.75) is 6.36 Å². The van der Waals surface area contributed by atoms with Crippen LogP contribution < -0.4 is 15.8 Å². The number of alkyl halides is 3. The van der Waals surface area contributed by atoms with Gasteiger partial charge in [0, 0.05) is 11.6 Å². The lowest BCUT2D eigenvalue weighted by Crippen LogP contribution is -2.17. The Morgan fingerprint density at radius 1 is 1.15 bits per heavy atom. The first-order valence-electron chi connectivity index (χ1n) is 7.41. The van der Waals surface area contributed by atoms with Crippen LogP contribution in [0.1, 0.15) is 15.2 Å². The van der Waals surface area contributed by atoms with E-state index in [1.165, 1.54) is 0 Å². The van der Waals surface area contributed by atoms with Gasteiger partial charge in [-0.15, -0.1) is 13.2 Å². The maximum Gasteiger partial charge on any atom is 0.573 e. The third-order valence-electron chi connectivity index (χ3n) is 3.31. The minimum atomic E-state index is -4.92. The Morgan fingerprint density at radius 3 is 2.48 bits per heavy atom. The number of nitrogens with two attached hydrogens (primary N) is 1. The van der Waals surface area contributed by atoms with Gasteiger partial charge in [0.05, 0.1) is 5.69 Å². The smallest absolute Gasteiger partial charge is 0.406 e. The quantitative estimate of drug-likeness (QED) is 0.480. The van der Waals surface area contributed by atoms with Gasteiger partial charge in [-0.1, -0.05) is 41.7 Å². The van der Waals surface area contributed by atoms with Gasteiger partial charge in [-0.3, -0.25) is 4.79 Å². The lowest BCUT2D eigenvalue weighted by atomic mass is 10.1. The number of ether oxygens (including phenoxy) is 1. The lowest BCUT2D eigenvalue weighted by molar-refractivity contribution is -0.274. The van der Waals surface area contributed by atoms with Crippen LogP contribution in [0.5, 0.6) is 5.75 Å². The minimum Gasteiger partial charge on any atom is -0.406 e. The average Bonchev–Trinajstić information content (AvgIpc) is 2.96. The summed E-state index contributed by atoms with van der Waals surface area (Å²) in [6, 6.07) is 11.0. The monoisotopic (exact) mass is 397 g/mol. The van der Waals surface area contributed by atoms with Crippen LogP contribution >= 0.6 is 11.3 Å². The van der Waals surface area contributed by atoms with Crippen molar-refractivity contribution in [2.24, 2.45) is 0 Å². The van der Waals surface area contributed by atoms with Gasteiger partial charge in [0.1, 0.15) is 22.3 Å². The zero-order chi connectivity index (χ0) is 19.6. The minimum absolute atomic E-state index is 0.0335. The van der Waals surface area contributed by atoms with E-state index in [1.807, 2.05) is 0 Å². The summed E-state index contributed by atoms with van der Waals surface area (Å²) in [5, 5.41) is 2.71. The summed E-state index contributed by atoms with van der Waals surface area (Å²) < 4.78 is 54.2. The van der Waals surface area contributed by atoms with Crippen molar-refractivity contribution in [3.8, 4) is 5.75 Å². The molecular weight excluding hydrogens is 386 g/mol. The van der Waals surface area contributed by atoms with Crippen molar-refractivity contribution in [1.29, 1.82) is 0 Å². The van der Waals surface area contributed by atoms with Crippen molar-refractivity contribution in [3.63, 3.8) is 0 Å². The van der Waals surface area contributed by atoms with E-state index in [9.17, 15) is 22.4 Å². The van der Waals surface area contributed by atoms with Gasteiger partial charge in [0.15, 0.2) is 5.13 Å². The van der Waals surface area contributed by atoms with E-state index < -0.39 is 17.9 Å². The molecule has 0 saturated carbocycles. The van der Waals surface area contributed by atoms with E-state index in [0.29, 0.717) is 11.6 Å². The van der Waals surface area contributed by atoms with Gasteiger partial charge < -0.3 is 15.8 Å². The fourth-order valence-electron chi connectivity index (χ4n) is 2.18. The molecule has 3 aromatic rings. The zero-order valence-corrected chi connectivity index (χ0v) is 14.2. The van der Waals surface area contributed by atoms with Crippen molar-refractivity contribution in [1.82, 2.24) is 4.98 Å². The van der Waals surface area contributed by atoms with Crippen LogP contribution in [0.4, 0.5) is 34.2 Å². The summed E-state index contributed by atoms with van der Waals surface area (Å²) in [5.74, 6) is -2.05. The highest BCUT2D eigenvalue weighted by molar-refractivity contribution is 7.18. The number of rotatable bonds is 5. The van der Waals surface area contributed by atoms with Crippen LogP contribution in [0.3, 0.4) is 0 Å². The van der Waals surface area contributed by atoms with E-state index in [0.717, 1.165) is 23.5 Å². The second-order valence-corrected chi connectivity index (χ2v) is 6.24. The van der Waals surface area contributed by atoms with Crippen LogP contribution in [0.25, 0.3) is 0 Å². The number of halogens is 4. The lowest BCUT2D eigenvalue weighted by Gasteiger charge is -2.10. The molecule has 0 aliphatic heterocycles. The van der Waals surface area contributed by atoms with E-state index in [1.54, 1.807) is 30.3 Å². The summed E-state index contributed by atoms with van der Waals surface area (Å²) in [5.41, 5.74) is 6.04. The molecule has 0 radical (unpaired) electrons. The first-order chi connectivity index (χ1) is 12.7. The fourth-order valence-corrected chi connectivity index (χ4v) is 3.04. The standard InChI is InChI=1S/C17H11F4N3O2S/c18-11-8-10(26-17(19,20)21)6-7-12(11)23-16-24-15(22)14(27-16)13(25)9-4-2-1-3-5-9/h1-8H,22H2,(H,23,24). The first kappa shape index (κ1) is 18.6. The van der Waals surface area contributed by atoms with Crippen molar-refractivity contribution in [2.75, 3.05) is 11.1 Å². The molecule has 0 amide bonds. The Hall–Kier alpha value is -3.14. The van der Waals surface area contributed by atoms with Crippen LogP contribution in [0.2, 0.25) is 0 Å². The molecule has 140 valence electrons. The van der Waals surface area contributed by atoms with Crippen LogP contribution in [-0.4, -0.2) is 17.1 Å².